The average Bonchev–Trinajstić information content (AvgIpc) is 2.62. The van der Waals surface area contributed by atoms with Gasteiger partial charge in [-0.15, -0.1) is 0 Å². The van der Waals surface area contributed by atoms with Crippen molar-refractivity contribution in [2.24, 2.45) is 0 Å². The van der Waals surface area contributed by atoms with E-state index in [0.29, 0.717) is 17.5 Å². The second-order valence-electron chi connectivity index (χ2n) is 5.44. The predicted molar refractivity (Wildman–Crippen MR) is 89.0 cm³/mol. The quantitative estimate of drug-likeness (QED) is 0.898. The largest absolute Gasteiger partial charge is 0.355 e. The Bertz CT molecular complexity index is 684. The van der Waals surface area contributed by atoms with Crippen molar-refractivity contribution < 1.29 is 4.79 Å². The van der Waals surface area contributed by atoms with Crippen LogP contribution >= 0.6 is 0 Å². The number of hydrogen-bond donors (Lipinski definition) is 2. The van der Waals surface area contributed by atoms with Crippen LogP contribution < -0.4 is 15.5 Å². The second kappa shape index (κ2) is 7.04. The molecule has 0 aliphatic carbocycles. The Labute approximate surface area is 135 Å². The fourth-order valence-corrected chi connectivity index (χ4v) is 2.61. The van der Waals surface area contributed by atoms with Crippen molar-refractivity contribution in [1.82, 2.24) is 20.3 Å². The summed E-state index contributed by atoms with van der Waals surface area (Å²) >= 11 is 0. The smallest absolute Gasteiger partial charge is 0.251 e. The van der Waals surface area contributed by atoms with Gasteiger partial charge in [-0.05, 0) is 37.5 Å². The molecule has 3 rings (SSSR count). The zero-order chi connectivity index (χ0) is 16.1. The molecule has 1 aromatic carbocycles. The first-order chi connectivity index (χ1) is 11.3. The van der Waals surface area contributed by atoms with E-state index >= 15 is 0 Å². The number of anilines is 3. The summed E-state index contributed by atoms with van der Waals surface area (Å²) in [5, 5.41) is 5.74. The molecule has 1 saturated heterocycles. The van der Waals surface area contributed by atoms with E-state index in [9.17, 15) is 4.79 Å². The molecule has 0 unspecified atom stereocenters. The lowest BCUT2D eigenvalue weighted by atomic mass is 10.1. The van der Waals surface area contributed by atoms with Crippen molar-refractivity contribution in [2.45, 2.75) is 19.3 Å². The topological polar surface area (TPSA) is 83.0 Å². The standard InChI is InChI=1S/C16H20N6O/c1-17-14(23)12-6-5-7-13(10-12)20-15-18-11-19-16(21-15)22-8-3-2-4-9-22/h5-7,10-11H,2-4,8-9H2,1H3,(H,17,23)(H,18,19,20,21). The van der Waals surface area contributed by atoms with E-state index in [-0.39, 0.29) is 5.91 Å². The van der Waals surface area contributed by atoms with Gasteiger partial charge in [0.05, 0.1) is 0 Å². The number of nitrogens with zero attached hydrogens (tertiary/aromatic N) is 4. The van der Waals surface area contributed by atoms with Crippen LogP contribution in [0.1, 0.15) is 29.6 Å². The van der Waals surface area contributed by atoms with Crippen LogP contribution in [-0.4, -0.2) is 41.0 Å². The molecule has 120 valence electrons. The Morgan fingerprint density at radius 1 is 1.17 bits per heavy atom. The second-order valence-corrected chi connectivity index (χ2v) is 5.44. The number of carbonyl (C=O) groups is 1. The van der Waals surface area contributed by atoms with Crippen LogP contribution in [0.15, 0.2) is 30.6 Å². The van der Waals surface area contributed by atoms with Gasteiger partial charge in [0.15, 0.2) is 0 Å². The molecular formula is C16H20N6O. The van der Waals surface area contributed by atoms with Crippen molar-refractivity contribution in [2.75, 3.05) is 30.4 Å². The van der Waals surface area contributed by atoms with Gasteiger partial charge in [0, 0.05) is 31.4 Å². The molecule has 1 fully saturated rings. The Kier molecular flexibility index (Phi) is 4.65. The van der Waals surface area contributed by atoms with Crippen LogP contribution in [0.25, 0.3) is 0 Å². The first-order valence-corrected chi connectivity index (χ1v) is 7.79. The van der Waals surface area contributed by atoms with Gasteiger partial charge in [-0.2, -0.15) is 4.98 Å². The molecule has 0 atom stereocenters. The van der Waals surface area contributed by atoms with E-state index in [1.165, 1.54) is 25.6 Å². The van der Waals surface area contributed by atoms with Crippen molar-refractivity contribution >= 4 is 23.5 Å². The van der Waals surface area contributed by atoms with E-state index in [1.807, 2.05) is 12.1 Å². The third-order valence-corrected chi connectivity index (χ3v) is 3.81. The summed E-state index contributed by atoms with van der Waals surface area (Å²) in [4.78, 5) is 26.8. The summed E-state index contributed by atoms with van der Waals surface area (Å²) < 4.78 is 0. The fourth-order valence-electron chi connectivity index (χ4n) is 2.61. The van der Waals surface area contributed by atoms with E-state index in [4.69, 9.17) is 0 Å². The predicted octanol–water partition coefficient (Wildman–Crippen LogP) is 1.97. The molecule has 23 heavy (non-hydrogen) atoms. The number of nitrogens with one attached hydrogen (secondary N) is 2. The van der Waals surface area contributed by atoms with Crippen molar-refractivity contribution in [3.05, 3.63) is 36.2 Å². The van der Waals surface area contributed by atoms with Gasteiger partial charge >= 0.3 is 0 Å². The normalized spacial score (nSPS) is 14.4. The minimum Gasteiger partial charge on any atom is -0.355 e. The maximum atomic E-state index is 11.7. The minimum atomic E-state index is -0.127. The zero-order valence-corrected chi connectivity index (χ0v) is 13.1. The first-order valence-electron chi connectivity index (χ1n) is 7.79. The highest BCUT2D eigenvalue weighted by molar-refractivity contribution is 5.95. The lowest BCUT2D eigenvalue weighted by Gasteiger charge is -2.26. The summed E-state index contributed by atoms with van der Waals surface area (Å²) in [5.41, 5.74) is 1.35. The van der Waals surface area contributed by atoms with Crippen LogP contribution in [0.5, 0.6) is 0 Å². The highest BCUT2D eigenvalue weighted by Crippen LogP contribution is 2.18. The summed E-state index contributed by atoms with van der Waals surface area (Å²) in [6.45, 7) is 1.96. The highest BCUT2D eigenvalue weighted by atomic mass is 16.1. The van der Waals surface area contributed by atoms with Crippen LogP contribution in [-0.2, 0) is 0 Å². The summed E-state index contributed by atoms with van der Waals surface area (Å²) in [6, 6.07) is 7.22. The number of piperidine rings is 1. The molecule has 0 spiro atoms. The fraction of sp³-hybridized carbons (Fsp3) is 0.375. The molecule has 1 amide bonds. The highest BCUT2D eigenvalue weighted by Gasteiger charge is 2.14. The maximum absolute atomic E-state index is 11.7. The van der Waals surface area contributed by atoms with E-state index in [1.54, 1.807) is 19.2 Å². The monoisotopic (exact) mass is 312 g/mol. The van der Waals surface area contributed by atoms with Crippen LogP contribution in [0.2, 0.25) is 0 Å². The molecule has 1 aliphatic rings. The molecule has 1 aliphatic heterocycles. The molecule has 0 radical (unpaired) electrons. The molecule has 7 heteroatoms. The van der Waals surface area contributed by atoms with Gasteiger partial charge in [-0.25, -0.2) is 9.97 Å². The summed E-state index contributed by atoms with van der Waals surface area (Å²) in [7, 11) is 1.61. The van der Waals surface area contributed by atoms with Gasteiger partial charge in [-0.1, -0.05) is 6.07 Å². The van der Waals surface area contributed by atoms with Gasteiger partial charge < -0.3 is 15.5 Å². The molecule has 2 aromatic rings. The Morgan fingerprint density at radius 3 is 2.78 bits per heavy atom. The number of aromatic nitrogens is 3. The third-order valence-electron chi connectivity index (χ3n) is 3.81. The maximum Gasteiger partial charge on any atom is 0.251 e. The zero-order valence-electron chi connectivity index (χ0n) is 13.1. The Morgan fingerprint density at radius 2 is 2.00 bits per heavy atom. The molecular weight excluding hydrogens is 292 g/mol. The molecule has 2 N–H and O–H groups in total. The van der Waals surface area contributed by atoms with Crippen LogP contribution in [0, 0.1) is 0 Å². The number of hydrogen-bond acceptors (Lipinski definition) is 6. The van der Waals surface area contributed by atoms with Gasteiger partial charge in [-0.3, -0.25) is 4.79 Å². The molecule has 2 heterocycles. The molecule has 1 aromatic heterocycles. The Hall–Kier alpha value is -2.70. The number of amides is 1. The molecule has 0 bridgehead atoms. The number of rotatable bonds is 4. The minimum absolute atomic E-state index is 0.127. The average molecular weight is 312 g/mol. The summed E-state index contributed by atoms with van der Waals surface area (Å²) in [6.07, 6.45) is 5.12. The Balaban J connectivity index is 1.76. The lowest BCUT2D eigenvalue weighted by Crippen LogP contribution is -2.31. The van der Waals surface area contributed by atoms with Crippen molar-refractivity contribution in [3.63, 3.8) is 0 Å². The first kappa shape index (κ1) is 15.2. The SMILES string of the molecule is CNC(=O)c1cccc(Nc2ncnc(N3CCCCC3)n2)c1. The van der Waals surface area contributed by atoms with Crippen molar-refractivity contribution in [3.8, 4) is 0 Å². The van der Waals surface area contributed by atoms with Crippen LogP contribution in [0.4, 0.5) is 17.6 Å². The van der Waals surface area contributed by atoms with Gasteiger partial charge in [0.2, 0.25) is 11.9 Å². The molecule has 0 saturated carbocycles. The van der Waals surface area contributed by atoms with Gasteiger partial charge in [0.25, 0.3) is 5.91 Å². The van der Waals surface area contributed by atoms with Gasteiger partial charge in [0.1, 0.15) is 6.33 Å². The number of carbonyl (C=O) groups excluding carboxylic acids is 1. The van der Waals surface area contributed by atoms with Crippen molar-refractivity contribution in [1.29, 1.82) is 0 Å². The third kappa shape index (κ3) is 3.74. The van der Waals surface area contributed by atoms with E-state index in [2.05, 4.69) is 30.5 Å². The number of benzene rings is 1. The van der Waals surface area contributed by atoms with E-state index in [0.717, 1.165) is 18.8 Å². The summed E-state index contributed by atoms with van der Waals surface area (Å²) in [5.74, 6) is 1.05. The van der Waals surface area contributed by atoms with Crippen LogP contribution in [0.3, 0.4) is 0 Å². The lowest BCUT2D eigenvalue weighted by molar-refractivity contribution is 0.0963. The van der Waals surface area contributed by atoms with E-state index < -0.39 is 0 Å². The molecule has 7 nitrogen and oxygen atoms in total.